The fourth-order valence-corrected chi connectivity index (χ4v) is 8.67. The summed E-state index contributed by atoms with van der Waals surface area (Å²) in [4.78, 5) is 20.1. The van der Waals surface area contributed by atoms with E-state index in [9.17, 15) is 0 Å². The summed E-state index contributed by atoms with van der Waals surface area (Å²) in [5.74, 6) is 1.54. The molecule has 0 aliphatic heterocycles. The molecule has 60 heavy (non-hydrogen) atoms. The van der Waals surface area contributed by atoms with Gasteiger partial charge in [0.1, 0.15) is 5.58 Å². The van der Waals surface area contributed by atoms with E-state index in [0.717, 1.165) is 49.9 Å². The standard InChI is InChI=1S/C54H33N5O/c1-2-15-41-35(11-1)12-10-19-42(41)36-23-25-37(26-24-36)52-56-53(58-54(57-52)50-51-46(31-32-55-50)45-18-5-8-22-49(45)60-51)39-14-9-13-38(33-39)34-27-29-40(30-28-34)59-47-20-6-3-16-43(47)44-17-4-7-21-48(44)59/h1-33H. The van der Waals surface area contributed by atoms with Gasteiger partial charge in [0.2, 0.25) is 0 Å². The van der Waals surface area contributed by atoms with Crippen molar-refractivity contribution in [1.29, 1.82) is 0 Å². The van der Waals surface area contributed by atoms with Crippen LogP contribution < -0.4 is 0 Å². The molecule has 6 heteroatoms. The zero-order valence-electron chi connectivity index (χ0n) is 32.2. The molecule has 6 nitrogen and oxygen atoms in total. The molecule has 4 heterocycles. The maximum atomic E-state index is 6.43. The lowest BCUT2D eigenvalue weighted by Gasteiger charge is -2.11. The molecular weight excluding hydrogens is 735 g/mol. The van der Waals surface area contributed by atoms with Gasteiger partial charge in [-0.05, 0) is 75.5 Å². The zero-order chi connectivity index (χ0) is 39.6. The van der Waals surface area contributed by atoms with Crippen LogP contribution in [0.2, 0.25) is 0 Å². The highest BCUT2D eigenvalue weighted by Crippen LogP contribution is 2.37. The van der Waals surface area contributed by atoms with Crippen molar-refractivity contribution in [2.45, 2.75) is 0 Å². The lowest BCUT2D eigenvalue weighted by molar-refractivity contribution is 0.667. The number of para-hydroxylation sites is 3. The number of aromatic nitrogens is 5. The van der Waals surface area contributed by atoms with Crippen LogP contribution in [0, 0.1) is 0 Å². The third kappa shape index (κ3) is 5.57. The Kier molecular flexibility index (Phi) is 7.74. The third-order valence-corrected chi connectivity index (χ3v) is 11.5. The van der Waals surface area contributed by atoms with Gasteiger partial charge in [0.15, 0.2) is 28.8 Å². The number of nitrogens with zero attached hydrogens (tertiary/aromatic N) is 5. The van der Waals surface area contributed by atoms with Crippen LogP contribution in [0.3, 0.4) is 0 Å². The second-order valence-electron chi connectivity index (χ2n) is 15.0. The first-order valence-electron chi connectivity index (χ1n) is 20.0. The highest BCUT2D eigenvalue weighted by atomic mass is 16.3. The Morgan fingerprint density at radius 2 is 0.967 bits per heavy atom. The van der Waals surface area contributed by atoms with Crippen LogP contribution in [0.15, 0.2) is 205 Å². The van der Waals surface area contributed by atoms with Crippen LogP contribution in [0.5, 0.6) is 0 Å². The van der Waals surface area contributed by atoms with Crippen molar-refractivity contribution < 1.29 is 4.42 Å². The van der Waals surface area contributed by atoms with E-state index in [4.69, 9.17) is 24.4 Å². The molecule has 0 atom stereocenters. The van der Waals surface area contributed by atoms with Gasteiger partial charge in [-0.2, -0.15) is 0 Å². The van der Waals surface area contributed by atoms with Gasteiger partial charge in [0.25, 0.3) is 0 Å². The summed E-state index contributed by atoms with van der Waals surface area (Å²) in [5.41, 5.74) is 11.7. The summed E-state index contributed by atoms with van der Waals surface area (Å²) in [6.07, 6.45) is 1.80. The number of pyridine rings is 1. The van der Waals surface area contributed by atoms with Crippen LogP contribution in [-0.4, -0.2) is 24.5 Å². The van der Waals surface area contributed by atoms with Crippen molar-refractivity contribution in [2.75, 3.05) is 0 Å². The Balaban J connectivity index is 0.967. The summed E-state index contributed by atoms with van der Waals surface area (Å²) in [5, 5.41) is 6.89. The van der Waals surface area contributed by atoms with Gasteiger partial charge in [0, 0.05) is 44.6 Å². The monoisotopic (exact) mass is 767 g/mol. The number of rotatable bonds is 6. The highest BCUT2D eigenvalue weighted by molar-refractivity contribution is 6.10. The second-order valence-corrected chi connectivity index (χ2v) is 15.0. The van der Waals surface area contributed by atoms with Crippen LogP contribution in [0.4, 0.5) is 0 Å². The molecule has 0 N–H and O–H groups in total. The normalized spacial score (nSPS) is 11.7. The minimum Gasteiger partial charge on any atom is -0.454 e. The van der Waals surface area contributed by atoms with Crippen LogP contribution in [-0.2, 0) is 0 Å². The van der Waals surface area contributed by atoms with E-state index in [0.29, 0.717) is 28.8 Å². The molecule has 0 bridgehead atoms. The van der Waals surface area contributed by atoms with Crippen molar-refractivity contribution in [3.05, 3.63) is 200 Å². The number of furan rings is 1. The van der Waals surface area contributed by atoms with Crippen molar-refractivity contribution >= 4 is 54.5 Å². The molecule has 0 aliphatic rings. The molecule has 0 saturated heterocycles. The van der Waals surface area contributed by atoms with Crippen molar-refractivity contribution in [1.82, 2.24) is 24.5 Å². The Morgan fingerprint density at radius 3 is 1.75 bits per heavy atom. The van der Waals surface area contributed by atoms with E-state index in [1.807, 2.05) is 24.3 Å². The van der Waals surface area contributed by atoms with E-state index in [2.05, 4.69) is 174 Å². The average Bonchev–Trinajstić information content (AvgIpc) is 3.88. The summed E-state index contributed by atoms with van der Waals surface area (Å²) in [6, 6.07) is 67.7. The van der Waals surface area contributed by atoms with Crippen molar-refractivity contribution in [2.24, 2.45) is 0 Å². The maximum Gasteiger partial charge on any atom is 0.186 e. The van der Waals surface area contributed by atoms with Gasteiger partial charge in [0.05, 0.1) is 11.0 Å². The molecule has 0 unspecified atom stereocenters. The van der Waals surface area contributed by atoms with Gasteiger partial charge >= 0.3 is 0 Å². The molecule has 0 saturated carbocycles. The largest absolute Gasteiger partial charge is 0.454 e. The van der Waals surface area contributed by atoms with E-state index >= 15 is 0 Å². The first kappa shape index (κ1) is 33.9. The van der Waals surface area contributed by atoms with Crippen LogP contribution >= 0.6 is 0 Å². The fraction of sp³-hybridized carbons (Fsp3) is 0. The van der Waals surface area contributed by atoms with Crippen LogP contribution in [0.25, 0.3) is 117 Å². The van der Waals surface area contributed by atoms with Crippen molar-refractivity contribution in [3.8, 4) is 62.2 Å². The van der Waals surface area contributed by atoms with Crippen molar-refractivity contribution in [3.63, 3.8) is 0 Å². The summed E-state index contributed by atoms with van der Waals surface area (Å²) >= 11 is 0. The zero-order valence-corrected chi connectivity index (χ0v) is 32.2. The first-order chi connectivity index (χ1) is 29.7. The minimum absolute atomic E-state index is 0.443. The molecule has 12 rings (SSSR count). The smallest absolute Gasteiger partial charge is 0.186 e. The first-order valence-corrected chi connectivity index (χ1v) is 20.0. The quantitative estimate of drug-likeness (QED) is 0.168. The Labute approximate surface area is 344 Å². The number of fused-ring (bicyclic) bond motifs is 7. The molecule has 4 aromatic heterocycles. The molecule has 0 spiro atoms. The lowest BCUT2D eigenvalue weighted by atomic mass is 9.97. The molecule has 0 radical (unpaired) electrons. The van der Waals surface area contributed by atoms with Gasteiger partial charge < -0.3 is 8.98 Å². The van der Waals surface area contributed by atoms with E-state index < -0.39 is 0 Å². The predicted molar refractivity (Wildman–Crippen MR) is 244 cm³/mol. The average molecular weight is 768 g/mol. The third-order valence-electron chi connectivity index (χ3n) is 11.5. The minimum atomic E-state index is 0.443. The SMILES string of the molecule is c1cc(-c2ccc(-n3c4ccccc4c4ccccc43)cc2)cc(-c2nc(-c3ccc(-c4cccc5ccccc45)cc3)nc(-c3nccc4c3oc3ccccc34)n2)c1. The molecule has 0 aliphatic carbocycles. The number of benzene rings is 8. The van der Waals surface area contributed by atoms with Gasteiger partial charge in [-0.1, -0.05) is 152 Å². The Morgan fingerprint density at radius 1 is 0.383 bits per heavy atom. The maximum absolute atomic E-state index is 6.43. The highest BCUT2D eigenvalue weighted by Gasteiger charge is 2.20. The Hall–Kier alpha value is -8.22. The molecule has 0 fully saturated rings. The second kappa shape index (κ2) is 13.7. The number of hydrogen-bond acceptors (Lipinski definition) is 5. The summed E-state index contributed by atoms with van der Waals surface area (Å²) in [6.45, 7) is 0. The summed E-state index contributed by atoms with van der Waals surface area (Å²) in [7, 11) is 0. The lowest BCUT2D eigenvalue weighted by Crippen LogP contribution is -2.01. The van der Waals surface area contributed by atoms with Crippen LogP contribution in [0.1, 0.15) is 0 Å². The Bertz CT molecular complexity index is 3540. The topological polar surface area (TPSA) is 69.6 Å². The molecular formula is C54H33N5O. The molecule has 12 aromatic rings. The molecule has 280 valence electrons. The van der Waals surface area contributed by atoms with E-state index in [-0.39, 0.29) is 0 Å². The fourth-order valence-electron chi connectivity index (χ4n) is 8.67. The van der Waals surface area contributed by atoms with Gasteiger partial charge in [-0.15, -0.1) is 0 Å². The predicted octanol–water partition coefficient (Wildman–Crippen LogP) is 13.8. The van der Waals surface area contributed by atoms with Gasteiger partial charge in [-0.25, -0.2) is 19.9 Å². The van der Waals surface area contributed by atoms with E-state index in [1.165, 1.54) is 38.1 Å². The van der Waals surface area contributed by atoms with E-state index in [1.54, 1.807) is 6.20 Å². The number of hydrogen-bond donors (Lipinski definition) is 0. The summed E-state index contributed by atoms with van der Waals surface area (Å²) < 4.78 is 8.76. The van der Waals surface area contributed by atoms with Gasteiger partial charge in [-0.3, -0.25) is 0 Å². The molecule has 8 aromatic carbocycles. The molecule has 0 amide bonds.